The molecule has 0 amide bonds. The third-order valence-corrected chi connectivity index (χ3v) is 1.74. The van der Waals surface area contributed by atoms with Crippen molar-refractivity contribution >= 4 is 5.69 Å². The topological polar surface area (TPSA) is 71.9 Å². The number of pyridine rings is 1. The molecule has 0 unspecified atom stereocenters. The highest BCUT2D eigenvalue weighted by Crippen LogP contribution is 2.24. The summed E-state index contributed by atoms with van der Waals surface area (Å²) in [6.45, 7) is -1.52. The number of hydrogen-bond donors (Lipinski definition) is 1. The first kappa shape index (κ1) is 13.0. The summed E-state index contributed by atoms with van der Waals surface area (Å²) in [6.07, 6.45) is -3.83. The van der Waals surface area contributed by atoms with Gasteiger partial charge in [-0.1, -0.05) is 0 Å². The molecule has 0 saturated heterocycles. The van der Waals surface area contributed by atoms with E-state index in [4.69, 9.17) is 11.0 Å². The average Bonchev–Trinajstić information content (AvgIpc) is 2.28. The third kappa shape index (κ3) is 3.21. The Balaban J connectivity index is 2.74. The van der Waals surface area contributed by atoms with Gasteiger partial charge in [0.25, 0.3) is 0 Å². The van der Waals surface area contributed by atoms with Gasteiger partial charge in [-0.2, -0.15) is 14.0 Å². The SMILES string of the molecule is N#Cc1nc(OCC(F)(F)C(F)F)ccc1N. The Kier molecular flexibility index (Phi) is 3.73. The summed E-state index contributed by atoms with van der Waals surface area (Å²) in [7, 11) is 0. The number of nitrogens with zero attached hydrogens (tertiary/aromatic N) is 2. The minimum Gasteiger partial charge on any atom is -0.471 e. The maximum atomic E-state index is 12.5. The third-order valence-electron chi connectivity index (χ3n) is 1.74. The van der Waals surface area contributed by atoms with Crippen molar-refractivity contribution in [3.63, 3.8) is 0 Å². The number of alkyl halides is 4. The van der Waals surface area contributed by atoms with Gasteiger partial charge in [-0.3, -0.25) is 0 Å². The van der Waals surface area contributed by atoms with Crippen LogP contribution in [0, 0.1) is 11.3 Å². The zero-order chi connectivity index (χ0) is 13.1. The number of hydrogen-bond acceptors (Lipinski definition) is 4. The summed E-state index contributed by atoms with van der Waals surface area (Å²) in [5.74, 6) is -4.63. The first-order valence-electron chi connectivity index (χ1n) is 4.32. The zero-order valence-electron chi connectivity index (χ0n) is 8.33. The van der Waals surface area contributed by atoms with Gasteiger partial charge in [0.05, 0.1) is 5.69 Å². The molecule has 0 aliphatic heterocycles. The van der Waals surface area contributed by atoms with Gasteiger partial charge >= 0.3 is 12.3 Å². The van der Waals surface area contributed by atoms with Crippen LogP contribution in [0.15, 0.2) is 12.1 Å². The number of nitriles is 1. The molecular formula is C9H7F4N3O. The van der Waals surface area contributed by atoms with Crippen molar-refractivity contribution in [3.8, 4) is 11.9 Å². The standard InChI is InChI=1S/C9H7F4N3O/c10-8(11)9(12,13)4-17-7-2-1-5(15)6(3-14)16-7/h1-2,8H,4,15H2. The normalized spacial score (nSPS) is 11.3. The number of rotatable bonds is 4. The molecule has 92 valence electrons. The molecule has 0 aliphatic carbocycles. The van der Waals surface area contributed by atoms with Crippen molar-refractivity contribution in [3.05, 3.63) is 17.8 Å². The van der Waals surface area contributed by atoms with E-state index >= 15 is 0 Å². The van der Waals surface area contributed by atoms with Crippen LogP contribution in [0.5, 0.6) is 5.88 Å². The second-order valence-electron chi connectivity index (χ2n) is 3.05. The molecule has 17 heavy (non-hydrogen) atoms. The second kappa shape index (κ2) is 4.86. The van der Waals surface area contributed by atoms with E-state index in [1.807, 2.05) is 0 Å². The Labute approximate surface area is 93.6 Å². The molecule has 0 aliphatic rings. The Bertz CT molecular complexity index is 444. The van der Waals surface area contributed by atoms with E-state index in [-0.39, 0.29) is 17.3 Å². The van der Waals surface area contributed by atoms with Crippen LogP contribution < -0.4 is 10.5 Å². The molecule has 2 N–H and O–H groups in total. The summed E-state index contributed by atoms with van der Waals surface area (Å²) in [5.41, 5.74) is 5.14. The fourth-order valence-corrected chi connectivity index (χ4v) is 0.855. The number of halogens is 4. The quantitative estimate of drug-likeness (QED) is 0.826. The minimum absolute atomic E-state index is 0.0421. The lowest BCUT2D eigenvalue weighted by atomic mass is 10.3. The van der Waals surface area contributed by atoms with Crippen LogP contribution in [0.25, 0.3) is 0 Å². The molecule has 1 aromatic heterocycles. The number of aromatic nitrogens is 1. The predicted molar refractivity (Wildman–Crippen MR) is 49.8 cm³/mol. The van der Waals surface area contributed by atoms with Crippen LogP contribution in [-0.4, -0.2) is 23.9 Å². The molecule has 0 saturated carbocycles. The van der Waals surface area contributed by atoms with E-state index in [0.717, 1.165) is 6.07 Å². The van der Waals surface area contributed by atoms with Gasteiger partial charge in [0.1, 0.15) is 6.07 Å². The fourth-order valence-electron chi connectivity index (χ4n) is 0.855. The van der Waals surface area contributed by atoms with Gasteiger partial charge in [0, 0.05) is 6.07 Å². The van der Waals surface area contributed by atoms with Crippen molar-refractivity contribution in [2.75, 3.05) is 12.3 Å². The van der Waals surface area contributed by atoms with Gasteiger partial charge in [0.2, 0.25) is 5.88 Å². The van der Waals surface area contributed by atoms with E-state index in [1.165, 1.54) is 6.07 Å². The Morgan fingerprint density at radius 3 is 2.65 bits per heavy atom. The Morgan fingerprint density at radius 2 is 2.12 bits per heavy atom. The summed E-state index contributed by atoms with van der Waals surface area (Å²) in [5, 5.41) is 8.54. The second-order valence-corrected chi connectivity index (χ2v) is 3.05. The average molecular weight is 249 g/mol. The number of ether oxygens (including phenoxy) is 1. The van der Waals surface area contributed by atoms with Crippen LogP contribution in [0.4, 0.5) is 23.2 Å². The summed E-state index contributed by atoms with van der Waals surface area (Å²) < 4.78 is 53.0. The van der Waals surface area contributed by atoms with E-state index in [9.17, 15) is 17.6 Å². The highest BCUT2D eigenvalue weighted by Gasteiger charge is 2.41. The molecule has 0 fully saturated rings. The molecule has 8 heteroatoms. The molecule has 0 atom stereocenters. The molecular weight excluding hydrogens is 242 g/mol. The molecule has 0 bridgehead atoms. The number of nitrogen functional groups attached to an aromatic ring is 1. The number of nitrogens with two attached hydrogens (primary N) is 1. The highest BCUT2D eigenvalue weighted by molar-refractivity contribution is 5.50. The van der Waals surface area contributed by atoms with Gasteiger partial charge in [-0.05, 0) is 6.07 Å². The molecule has 0 radical (unpaired) electrons. The van der Waals surface area contributed by atoms with Gasteiger partial charge in [0.15, 0.2) is 12.3 Å². The summed E-state index contributed by atoms with van der Waals surface area (Å²) in [4.78, 5) is 3.47. The smallest absolute Gasteiger partial charge is 0.340 e. The zero-order valence-corrected chi connectivity index (χ0v) is 8.33. The first-order chi connectivity index (χ1) is 7.86. The highest BCUT2D eigenvalue weighted by atomic mass is 19.3. The summed E-state index contributed by atoms with van der Waals surface area (Å²) in [6, 6.07) is 3.92. The van der Waals surface area contributed by atoms with E-state index in [2.05, 4.69) is 9.72 Å². The first-order valence-corrected chi connectivity index (χ1v) is 4.32. The van der Waals surface area contributed by atoms with Crippen molar-refractivity contribution in [2.45, 2.75) is 12.3 Å². The lowest BCUT2D eigenvalue weighted by Gasteiger charge is -2.15. The van der Waals surface area contributed by atoms with E-state index < -0.39 is 19.0 Å². The predicted octanol–water partition coefficient (Wildman–Crippen LogP) is 1.81. The molecule has 4 nitrogen and oxygen atoms in total. The van der Waals surface area contributed by atoms with Crippen molar-refractivity contribution in [1.29, 1.82) is 5.26 Å². The van der Waals surface area contributed by atoms with Crippen LogP contribution in [0.1, 0.15) is 5.69 Å². The fraction of sp³-hybridized carbons (Fsp3) is 0.333. The maximum absolute atomic E-state index is 12.5. The van der Waals surface area contributed by atoms with Gasteiger partial charge in [-0.25, -0.2) is 13.8 Å². The lowest BCUT2D eigenvalue weighted by molar-refractivity contribution is -0.148. The van der Waals surface area contributed by atoms with Crippen LogP contribution in [-0.2, 0) is 0 Å². The van der Waals surface area contributed by atoms with Crippen molar-refractivity contribution in [2.24, 2.45) is 0 Å². The van der Waals surface area contributed by atoms with Crippen molar-refractivity contribution in [1.82, 2.24) is 4.98 Å². The molecule has 1 heterocycles. The Morgan fingerprint density at radius 1 is 1.47 bits per heavy atom. The molecule has 1 rings (SSSR count). The van der Waals surface area contributed by atoms with Crippen molar-refractivity contribution < 1.29 is 22.3 Å². The molecule has 0 spiro atoms. The minimum atomic E-state index is -4.27. The van der Waals surface area contributed by atoms with Crippen LogP contribution in [0.3, 0.4) is 0 Å². The number of anilines is 1. The van der Waals surface area contributed by atoms with E-state index in [1.54, 1.807) is 6.07 Å². The van der Waals surface area contributed by atoms with Crippen LogP contribution in [0.2, 0.25) is 0 Å². The lowest BCUT2D eigenvalue weighted by Crippen LogP contribution is -2.33. The van der Waals surface area contributed by atoms with Gasteiger partial charge in [-0.15, -0.1) is 0 Å². The van der Waals surface area contributed by atoms with Gasteiger partial charge < -0.3 is 10.5 Å². The molecule has 1 aromatic rings. The monoisotopic (exact) mass is 249 g/mol. The molecule has 0 aromatic carbocycles. The maximum Gasteiger partial charge on any atom is 0.340 e. The summed E-state index contributed by atoms with van der Waals surface area (Å²) >= 11 is 0. The van der Waals surface area contributed by atoms with Crippen LogP contribution >= 0.6 is 0 Å². The Hall–Kier alpha value is -2.04. The largest absolute Gasteiger partial charge is 0.471 e. The van der Waals surface area contributed by atoms with E-state index in [0.29, 0.717) is 0 Å².